The summed E-state index contributed by atoms with van der Waals surface area (Å²) < 4.78 is 5.34. The molecule has 0 unspecified atom stereocenters. The van der Waals surface area contributed by atoms with Gasteiger partial charge in [-0.1, -0.05) is 20.8 Å². The van der Waals surface area contributed by atoms with E-state index in [1.54, 1.807) is 7.11 Å². The zero-order valence-electron chi connectivity index (χ0n) is 12.0. The third-order valence-electron chi connectivity index (χ3n) is 3.63. The molecule has 1 heterocycles. The van der Waals surface area contributed by atoms with Gasteiger partial charge in [0.25, 0.3) is 0 Å². The van der Waals surface area contributed by atoms with Gasteiger partial charge in [-0.3, -0.25) is 4.79 Å². The Balaban J connectivity index is 2.22. The summed E-state index contributed by atoms with van der Waals surface area (Å²) >= 11 is 1.40. The normalized spacial score (nSPS) is 16.5. The van der Waals surface area contributed by atoms with Crippen LogP contribution in [0.5, 0.6) is 5.75 Å². The molecular formula is C14H22N2O2S. The monoisotopic (exact) mass is 282 g/mol. The zero-order chi connectivity index (χ0) is 14.2. The van der Waals surface area contributed by atoms with Crippen LogP contribution in [-0.2, 0) is 0 Å². The summed E-state index contributed by atoms with van der Waals surface area (Å²) in [4.78, 5) is 12.7. The first kappa shape index (κ1) is 14.2. The summed E-state index contributed by atoms with van der Waals surface area (Å²) in [6.07, 6.45) is 2.50. The SMILES string of the molecule is COc1c(NCC2(C)CC2)sc(C(=O)C(C)C)c1N. The minimum absolute atomic E-state index is 0.0561. The maximum absolute atomic E-state index is 12.1. The fourth-order valence-electron chi connectivity index (χ4n) is 1.88. The van der Waals surface area contributed by atoms with E-state index in [1.807, 2.05) is 13.8 Å². The molecule has 19 heavy (non-hydrogen) atoms. The lowest BCUT2D eigenvalue weighted by Crippen LogP contribution is -2.11. The van der Waals surface area contributed by atoms with Crippen molar-refractivity contribution in [3.63, 3.8) is 0 Å². The molecule has 1 saturated carbocycles. The zero-order valence-corrected chi connectivity index (χ0v) is 12.8. The number of anilines is 2. The molecule has 0 spiro atoms. The van der Waals surface area contributed by atoms with Crippen LogP contribution in [0.4, 0.5) is 10.7 Å². The number of ketones is 1. The molecule has 1 aliphatic carbocycles. The summed E-state index contributed by atoms with van der Waals surface area (Å²) in [7, 11) is 1.59. The first-order valence-electron chi connectivity index (χ1n) is 6.62. The van der Waals surface area contributed by atoms with Crippen LogP contribution in [0.25, 0.3) is 0 Å². The third-order valence-corrected chi connectivity index (χ3v) is 4.79. The molecule has 1 fully saturated rings. The maximum atomic E-state index is 12.1. The molecule has 0 bridgehead atoms. The van der Waals surface area contributed by atoms with Crippen LogP contribution in [0, 0.1) is 11.3 Å². The van der Waals surface area contributed by atoms with E-state index in [1.165, 1.54) is 24.2 Å². The number of carbonyl (C=O) groups excluding carboxylic acids is 1. The topological polar surface area (TPSA) is 64.3 Å². The van der Waals surface area contributed by atoms with Crippen LogP contribution in [-0.4, -0.2) is 19.4 Å². The predicted octanol–water partition coefficient (Wildman–Crippen LogP) is 3.39. The summed E-state index contributed by atoms with van der Waals surface area (Å²) in [6.45, 7) is 6.92. The van der Waals surface area contributed by atoms with Gasteiger partial charge in [-0.05, 0) is 18.3 Å². The van der Waals surface area contributed by atoms with Crippen molar-refractivity contribution in [1.29, 1.82) is 0 Å². The third kappa shape index (κ3) is 2.86. The average molecular weight is 282 g/mol. The van der Waals surface area contributed by atoms with Gasteiger partial charge in [0.15, 0.2) is 11.5 Å². The number of carbonyl (C=O) groups is 1. The number of hydrogen-bond donors (Lipinski definition) is 2. The van der Waals surface area contributed by atoms with Crippen LogP contribution in [0.15, 0.2) is 0 Å². The molecule has 0 aliphatic heterocycles. The van der Waals surface area contributed by atoms with Gasteiger partial charge in [-0.25, -0.2) is 0 Å². The largest absolute Gasteiger partial charge is 0.492 e. The summed E-state index contributed by atoms with van der Waals surface area (Å²) in [5.74, 6) is 0.629. The van der Waals surface area contributed by atoms with E-state index >= 15 is 0 Å². The summed E-state index contributed by atoms with van der Waals surface area (Å²) in [5, 5.41) is 4.26. The van der Waals surface area contributed by atoms with E-state index in [2.05, 4.69) is 12.2 Å². The highest BCUT2D eigenvalue weighted by Crippen LogP contribution is 2.48. The molecule has 106 valence electrons. The first-order chi connectivity index (χ1) is 8.88. The van der Waals surface area contributed by atoms with Crippen LogP contribution in [0.3, 0.4) is 0 Å². The van der Waals surface area contributed by atoms with Crippen LogP contribution < -0.4 is 15.8 Å². The Morgan fingerprint density at radius 3 is 2.63 bits per heavy atom. The van der Waals surface area contributed by atoms with Crippen molar-refractivity contribution < 1.29 is 9.53 Å². The number of ether oxygens (including phenoxy) is 1. The second kappa shape index (κ2) is 5.04. The lowest BCUT2D eigenvalue weighted by atomic mass is 10.1. The van der Waals surface area contributed by atoms with E-state index in [9.17, 15) is 4.79 Å². The molecule has 0 amide bonds. The number of nitrogen functional groups attached to an aromatic ring is 1. The second-order valence-electron chi connectivity index (χ2n) is 5.89. The standard InChI is InChI=1S/C14H22N2O2S/c1-8(2)10(17)12-9(15)11(18-4)13(19-12)16-7-14(3)5-6-14/h8,16H,5-7,15H2,1-4H3. The van der Waals surface area contributed by atoms with Crippen LogP contribution >= 0.6 is 11.3 Å². The number of methoxy groups -OCH3 is 1. The highest BCUT2D eigenvalue weighted by molar-refractivity contribution is 7.19. The van der Waals surface area contributed by atoms with E-state index in [4.69, 9.17) is 10.5 Å². The van der Waals surface area contributed by atoms with E-state index in [0.29, 0.717) is 21.7 Å². The lowest BCUT2D eigenvalue weighted by Gasteiger charge is -2.11. The number of nitrogens with two attached hydrogens (primary N) is 1. The van der Waals surface area contributed by atoms with Crippen molar-refractivity contribution in [2.45, 2.75) is 33.6 Å². The Labute approximate surface area is 118 Å². The highest BCUT2D eigenvalue weighted by Gasteiger charge is 2.37. The van der Waals surface area contributed by atoms with Crippen molar-refractivity contribution >= 4 is 27.8 Å². The Morgan fingerprint density at radius 2 is 2.16 bits per heavy atom. The maximum Gasteiger partial charge on any atom is 0.177 e. The molecule has 0 radical (unpaired) electrons. The quantitative estimate of drug-likeness (QED) is 0.785. The fourth-order valence-corrected chi connectivity index (χ4v) is 3.05. The smallest absolute Gasteiger partial charge is 0.177 e. The summed E-state index contributed by atoms with van der Waals surface area (Å²) in [6, 6.07) is 0. The minimum atomic E-state index is -0.0561. The van der Waals surface area contributed by atoms with Crippen LogP contribution in [0.2, 0.25) is 0 Å². The van der Waals surface area contributed by atoms with E-state index < -0.39 is 0 Å². The van der Waals surface area contributed by atoms with E-state index in [0.717, 1.165) is 11.5 Å². The van der Waals surface area contributed by atoms with E-state index in [-0.39, 0.29) is 11.7 Å². The Hall–Kier alpha value is -1.23. The molecule has 1 aromatic rings. The molecule has 1 aromatic heterocycles. The predicted molar refractivity (Wildman–Crippen MR) is 80.3 cm³/mol. The molecule has 0 saturated heterocycles. The Bertz CT molecular complexity index is 490. The van der Waals surface area contributed by atoms with Crippen molar-refractivity contribution in [3.8, 4) is 5.75 Å². The van der Waals surface area contributed by atoms with Crippen molar-refractivity contribution in [3.05, 3.63) is 4.88 Å². The van der Waals surface area contributed by atoms with Gasteiger partial charge in [0.05, 0.1) is 17.7 Å². The van der Waals surface area contributed by atoms with Gasteiger partial charge in [0.2, 0.25) is 0 Å². The molecule has 2 rings (SSSR count). The van der Waals surface area contributed by atoms with Gasteiger partial charge in [-0.15, -0.1) is 11.3 Å². The molecule has 3 N–H and O–H groups in total. The number of thiophene rings is 1. The Morgan fingerprint density at radius 1 is 1.53 bits per heavy atom. The second-order valence-corrected chi connectivity index (χ2v) is 6.91. The number of rotatable bonds is 6. The van der Waals surface area contributed by atoms with Crippen molar-refractivity contribution in [2.24, 2.45) is 11.3 Å². The van der Waals surface area contributed by atoms with Gasteiger partial charge in [-0.2, -0.15) is 0 Å². The van der Waals surface area contributed by atoms with Gasteiger partial charge >= 0.3 is 0 Å². The Kier molecular flexibility index (Phi) is 3.76. The number of Topliss-reactive ketones (excluding diaryl/α,β-unsaturated/α-hetero) is 1. The molecule has 4 nitrogen and oxygen atoms in total. The lowest BCUT2D eigenvalue weighted by molar-refractivity contribution is 0.0944. The van der Waals surface area contributed by atoms with Gasteiger partial charge < -0.3 is 15.8 Å². The average Bonchev–Trinajstić information content (AvgIpc) is 3.00. The highest BCUT2D eigenvalue weighted by atomic mass is 32.1. The van der Waals surface area contributed by atoms with Gasteiger partial charge in [0.1, 0.15) is 5.00 Å². The van der Waals surface area contributed by atoms with Gasteiger partial charge in [0, 0.05) is 12.5 Å². The summed E-state index contributed by atoms with van der Waals surface area (Å²) in [5.41, 5.74) is 6.89. The molecule has 0 aromatic carbocycles. The fraction of sp³-hybridized carbons (Fsp3) is 0.643. The first-order valence-corrected chi connectivity index (χ1v) is 7.44. The van der Waals surface area contributed by atoms with Crippen molar-refractivity contribution in [2.75, 3.05) is 24.7 Å². The number of nitrogens with one attached hydrogen (secondary N) is 1. The molecular weight excluding hydrogens is 260 g/mol. The van der Waals surface area contributed by atoms with Crippen molar-refractivity contribution in [1.82, 2.24) is 0 Å². The van der Waals surface area contributed by atoms with Crippen LogP contribution in [0.1, 0.15) is 43.3 Å². The molecule has 0 atom stereocenters. The minimum Gasteiger partial charge on any atom is -0.492 e. The molecule has 1 aliphatic rings. The number of hydrogen-bond acceptors (Lipinski definition) is 5. The molecule has 5 heteroatoms.